The Morgan fingerprint density at radius 3 is 2.95 bits per heavy atom. The van der Waals surface area contributed by atoms with Crippen molar-refractivity contribution >= 4 is 18.2 Å². The van der Waals surface area contributed by atoms with Gasteiger partial charge in [0.05, 0.1) is 12.3 Å². The molecule has 0 bridgehead atoms. The molecule has 106 valence electrons. The number of benzene rings is 1. The van der Waals surface area contributed by atoms with Gasteiger partial charge in [0.15, 0.2) is 0 Å². The number of nitrogens with one attached hydrogen (secondary N) is 1. The van der Waals surface area contributed by atoms with Crippen molar-refractivity contribution < 1.29 is 9.53 Å². The van der Waals surface area contributed by atoms with Gasteiger partial charge in [-0.05, 0) is 18.1 Å². The fourth-order valence-electron chi connectivity index (χ4n) is 1.76. The van der Waals surface area contributed by atoms with Crippen molar-refractivity contribution in [1.29, 1.82) is 0 Å². The SMILES string of the molecule is CC(C)C(N)C(=O)NN=CC1=Cc2ccccc2OC1. The van der Waals surface area contributed by atoms with Crippen LogP contribution in [-0.2, 0) is 4.79 Å². The number of para-hydroxylation sites is 1. The van der Waals surface area contributed by atoms with Crippen LogP contribution in [-0.4, -0.2) is 24.8 Å². The van der Waals surface area contributed by atoms with E-state index in [4.69, 9.17) is 10.5 Å². The summed E-state index contributed by atoms with van der Waals surface area (Å²) in [6.07, 6.45) is 3.57. The molecule has 2 rings (SSSR count). The lowest BCUT2D eigenvalue weighted by molar-refractivity contribution is -0.123. The van der Waals surface area contributed by atoms with Crippen molar-refractivity contribution in [2.24, 2.45) is 16.8 Å². The zero-order valence-corrected chi connectivity index (χ0v) is 11.7. The van der Waals surface area contributed by atoms with Gasteiger partial charge in [0, 0.05) is 11.1 Å². The summed E-state index contributed by atoms with van der Waals surface area (Å²) < 4.78 is 5.58. The van der Waals surface area contributed by atoms with Gasteiger partial charge in [0.1, 0.15) is 12.4 Å². The van der Waals surface area contributed by atoms with E-state index in [2.05, 4.69) is 10.5 Å². The molecule has 1 atom stereocenters. The highest BCUT2D eigenvalue weighted by atomic mass is 16.5. The van der Waals surface area contributed by atoms with Crippen LogP contribution < -0.4 is 15.9 Å². The third-order valence-electron chi connectivity index (χ3n) is 3.08. The molecule has 5 nitrogen and oxygen atoms in total. The Kier molecular flexibility index (Phi) is 4.53. The average molecular weight is 273 g/mol. The fraction of sp³-hybridized carbons (Fsp3) is 0.333. The third kappa shape index (κ3) is 3.45. The fourth-order valence-corrected chi connectivity index (χ4v) is 1.76. The summed E-state index contributed by atoms with van der Waals surface area (Å²) in [5.41, 5.74) is 10.1. The molecule has 0 saturated heterocycles. The summed E-state index contributed by atoms with van der Waals surface area (Å²) in [7, 11) is 0. The molecule has 0 radical (unpaired) electrons. The summed E-state index contributed by atoms with van der Waals surface area (Å²) in [6.45, 7) is 4.22. The van der Waals surface area contributed by atoms with E-state index < -0.39 is 6.04 Å². The minimum atomic E-state index is -0.551. The van der Waals surface area contributed by atoms with E-state index in [-0.39, 0.29) is 11.8 Å². The standard InChI is InChI=1S/C15H19N3O2/c1-10(2)14(16)15(19)18-17-8-11-7-12-5-3-4-6-13(12)20-9-11/h3-8,10,14H,9,16H2,1-2H3,(H,18,19). The summed E-state index contributed by atoms with van der Waals surface area (Å²) >= 11 is 0. The monoisotopic (exact) mass is 273 g/mol. The molecular weight excluding hydrogens is 254 g/mol. The number of fused-ring (bicyclic) bond motifs is 1. The minimum absolute atomic E-state index is 0.0781. The van der Waals surface area contributed by atoms with Crippen molar-refractivity contribution in [2.75, 3.05) is 6.61 Å². The van der Waals surface area contributed by atoms with E-state index in [0.717, 1.165) is 16.9 Å². The summed E-state index contributed by atoms with van der Waals surface area (Å²) in [5, 5.41) is 3.92. The van der Waals surface area contributed by atoms with Crippen LogP contribution in [0.5, 0.6) is 5.75 Å². The first-order valence-electron chi connectivity index (χ1n) is 6.59. The molecule has 1 aliphatic rings. The Morgan fingerprint density at radius 2 is 2.20 bits per heavy atom. The third-order valence-corrected chi connectivity index (χ3v) is 3.08. The Hall–Kier alpha value is -2.14. The van der Waals surface area contributed by atoms with Crippen LogP contribution in [0.25, 0.3) is 6.08 Å². The lowest BCUT2D eigenvalue weighted by Gasteiger charge is -2.15. The van der Waals surface area contributed by atoms with E-state index in [1.807, 2.05) is 44.2 Å². The molecule has 0 aliphatic carbocycles. The molecule has 20 heavy (non-hydrogen) atoms. The number of hydrogen-bond donors (Lipinski definition) is 2. The molecule has 1 unspecified atom stereocenters. The van der Waals surface area contributed by atoms with Gasteiger partial charge in [-0.2, -0.15) is 5.10 Å². The van der Waals surface area contributed by atoms with Crippen molar-refractivity contribution in [3.8, 4) is 5.75 Å². The van der Waals surface area contributed by atoms with Gasteiger partial charge >= 0.3 is 0 Å². The van der Waals surface area contributed by atoms with Gasteiger partial charge in [0.25, 0.3) is 5.91 Å². The van der Waals surface area contributed by atoms with Crippen molar-refractivity contribution in [3.05, 3.63) is 35.4 Å². The van der Waals surface area contributed by atoms with Gasteiger partial charge in [0.2, 0.25) is 0 Å². The molecule has 0 spiro atoms. The van der Waals surface area contributed by atoms with Gasteiger partial charge in [-0.15, -0.1) is 0 Å². The van der Waals surface area contributed by atoms with Crippen molar-refractivity contribution in [3.63, 3.8) is 0 Å². The smallest absolute Gasteiger partial charge is 0.257 e. The van der Waals surface area contributed by atoms with Crippen LogP contribution in [0.2, 0.25) is 0 Å². The summed E-state index contributed by atoms with van der Waals surface area (Å²) in [4.78, 5) is 11.6. The van der Waals surface area contributed by atoms with Gasteiger partial charge < -0.3 is 10.5 Å². The maximum Gasteiger partial charge on any atom is 0.257 e. The summed E-state index contributed by atoms with van der Waals surface area (Å²) in [6, 6.07) is 7.21. The minimum Gasteiger partial charge on any atom is -0.488 e. The highest BCUT2D eigenvalue weighted by molar-refractivity contribution is 5.89. The molecule has 1 amide bonds. The molecule has 5 heteroatoms. The van der Waals surface area contributed by atoms with Crippen LogP contribution in [0.15, 0.2) is 34.9 Å². The second kappa shape index (κ2) is 6.34. The van der Waals surface area contributed by atoms with Crippen LogP contribution in [0.1, 0.15) is 19.4 Å². The van der Waals surface area contributed by atoms with Gasteiger partial charge in [-0.25, -0.2) is 5.43 Å². The number of nitrogens with two attached hydrogens (primary N) is 1. The molecule has 1 aliphatic heterocycles. The molecule has 1 heterocycles. The zero-order chi connectivity index (χ0) is 14.5. The predicted octanol–water partition coefficient (Wildman–Crippen LogP) is 1.55. The zero-order valence-electron chi connectivity index (χ0n) is 11.7. The number of hydrogen-bond acceptors (Lipinski definition) is 4. The Balaban J connectivity index is 1.96. The first kappa shape index (κ1) is 14.3. The largest absolute Gasteiger partial charge is 0.488 e. The molecule has 0 aromatic heterocycles. The topological polar surface area (TPSA) is 76.7 Å². The van der Waals surface area contributed by atoms with Gasteiger partial charge in [-0.3, -0.25) is 4.79 Å². The second-order valence-corrected chi connectivity index (χ2v) is 5.05. The predicted molar refractivity (Wildman–Crippen MR) is 79.4 cm³/mol. The number of carbonyl (C=O) groups excluding carboxylic acids is 1. The van der Waals surface area contributed by atoms with Crippen LogP contribution >= 0.6 is 0 Å². The molecular formula is C15H19N3O2. The maximum absolute atomic E-state index is 11.6. The van der Waals surface area contributed by atoms with Crippen LogP contribution in [0.3, 0.4) is 0 Å². The van der Waals surface area contributed by atoms with Crippen LogP contribution in [0, 0.1) is 5.92 Å². The Morgan fingerprint density at radius 1 is 1.45 bits per heavy atom. The number of ether oxygens (including phenoxy) is 1. The van der Waals surface area contributed by atoms with E-state index in [1.54, 1.807) is 6.21 Å². The van der Waals surface area contributed by atoms with E-state index >= 15 is 0 Å². The number of nitrogens with zero attached hydrogens (tertiary/aromatic N) is 1. The number of carbonyl (C=O) groups is 1. The molecule has 0 fully saturated rings. The van der Waals surface area contributed by atoms with Gasteiger partial charge in [-0.1, -0.05) is 32.0 Å². The summed E-state index contributed by atoms with van der Waals surface area (Å²) in [5.74, 6) is 0.652. The van der Waals surface area contributed by atoms with Crippen LogP contribution in [0.4, 0.5) is 0 Å². The maximum atomic E-state index is 11.6. The lowest BCUT2D eigenvalue weighted by atomic mass is 10.1. The number of rotatable bonds is 4. The molecule has 1 aromatic carbocycles. The first-order valence-corrected chi connectivity index (χ1v) is 6.59. The van der Waals surface area contributed by atoms with E-state index in [9.17, 15) is 4.79 Å². The normalized spacial score (nSPS) is 15.5. The Bertz CT molecular complexity index is 550. The average Bonchev–Trinajstić information content (AvgIpc) is 2.46. The van der Waals surface area contributed by atoms with E-state index in [0.29, 0.717) is 6.61 Å². The number of hydrazone groups is 1. The highest BCUT2D eigenvalue weighted by Gasteiger charge is 2.16. The van der Waals surface area contributed by atoms with Crippen molar-refractivity contribution in [2.45, 2.75) is 19.9 Å². The second-order valence-electron chi connectivity index (χ2n) is 5.05. The van der Waals surface area contributed by atoms with E-state index in [1.165, 1.54) is 0 Å². The molecule has 0 saturated carbocycles. The lowest BCUT2D eigenvalue weighted by Crippen LogP contribution is -2.42. The highest BCUT2D eigenvalue weighted by Crippen LogP contribution is 2.24. The Labute approximate surface area is 118 Å². The molecule has 3 N–H and O–H groups in total. The molecule has 1 aromatic rings. The quantitative estimate of drug-likeness (QED) is 0.645. The number of amides is 1. The van der Waals surface area contributed by atoms with Crippen molar-refractivity contribution in [1.82, 2.24) is 5.43 Å². The first-order chi connectivity index (χ1) is 9.58.